The molecule has 0 spiro atoms. The molecule has 1 nitrogen and oxygen atoms in total. The monoisotopic (exact) mass is 230 g/mol. The van der Waals surface area contributed by atoms with Gasteiger partial charge in [-0.1, -0.05) is 19.8 Å². The second-order valence-electron chi connectivity index (χ2n) is 3.17. The van der Waals surface area contributed by atoms with Gasteiger partial charge in [-0.15, -0.1) is 13.1 Å². The van der Waals surface area contributed by atoms with Crippen molar-refractivity contribution in [2.45, 2.75) is 27.7 Å². The van der Waals surface area contributed by atoms with Crippen molar-refractivity contribution < 1.29 is 32.7 Å². The molecule has 0 aromatic rings. The molecule has 11 heavy (non-hydrogen) atoms. The van der Waals surface area contributed by atoms with E-state index in [1.165, 1.54) is 0 Å². The van der Waals surface area contributed by atoms with Crippen LogP contribution in [0.4, 0.5) is 0 Å². The Hall–Kier alpha value is 1.06. The van der Waals surface area contributed by atoms with Gasteiger partial charge in [0.1, 0.15) is 0 Å². The van der Waals surface area contributed by atoms with Crippen LogP contribution in [0.5, 0.6) is 0 Å². The summed E-state index contributed by atoms with van der Waals surface area (Å²) in [7, 11) is 0. The molecule has 0 bridgehead atoms. The second-order valence-corrected chi connectivity index (χ2v) is 3.17. The largest absolute Gasteiger partial charge is 0.662 e. The second kappa shape index (κ2) is 9.15. The van der Waals surface area contributed by atoms with E-state index >= 15 is 0 Å². The molecule has 1 aliphatic rings. The zero-order chi connectivity index (χ0) is 7.98. The number of rotatable bonds is 1. The molecule has 2 heteroatoms. The molecule has 0 N–H and O–H groups in total. The molecular formula is C9H19NY-2. The van der Waals surface area contributed by atoms with Crippen LogP contribution in [0.3, 0.4) is 0 Å². The van der Waals surface area contributed by atoms with E-state index in [2.05, 4.69) is 19.2 Å². The van der Waals surface area contributed by atoms with Gasteiger partial charge in [0.2, 0.25) is 0 Å². The molecule has 65 valence electrons. The Morgan fingerprint density at radius 1 is 1.27 bits per heavy atom. The molecule has 1 heterocycles. The molecule has 1 rings (SSSR count). The smallest absolute Gasteiger partial charge is 0 e. The fraction of sp³-hybridized carbons (Fsp3) is 0.889. The third-order valence-electron chi connectivity index (χ3n) is 1.67. The van der Waals surface area contributed by atoms with Gasteiger partial charge < -0.3 is 11.7 Å². The van der Waals surface area contributed by atoms with Crippen molar-refractivity contribution in [1.82, 2.24) is 0 Å². The molecule has 1 aliphatic heterocycles. The van der Waals surface area contributed by atoms with Crippen LogP contribution in [-0.2, 0) is 32.7 Å². The van der Waals surface area contributed by atoms with Gasteiger partial charge in [0, 0.05) is 32.7 Å². The summed E-state index contributed by atoms with van der Waals surface area (Å²) < 4.78 is 0. The molecule has 0 unspecified atom stereocenters. The molecule has 1 radical (unpaired) electrons. The fourth-order valence-electron chi connectivity index (χ4n) is 0.700. The predicted octanol–water partition coefficient (Wildman–Crippen LogP) is 2.87. The summed E-state index contributed by atoms with van der Waals surface area (Å²) in [6.45, 7) is 10.8. The topological polar surface area (TPSA) is 14.1 Å². The number of nitrogens with zero attached hydrogens (tertiary/aromatic N) is 1. The Balaban J connectivity index is 0. The summed E-state index contributed by atoms with van der Waals surface area (Å²) in [5.74, 6) is 1.78. The van der Waals surface area contributed by atoms with Crippen LogP contribution in [0.15, 0.2) is 0 Å². The van der Waals surface area contributed by atoms with Crippen molar-refractivity contribution in [2.75, 3.05) is 13.1 Å². The Morgan fingerprint density at radius 3 is 1.64 bits per heavy atom. The van der Waals surface area contributed by atoms with Crippen LogP contribution in [0.2, 0.25) is 0 Å². The Morgan fingerprint density at radius 2 is 1.64 bits per heavy atom. The molecule has 0 aromatic heterocycles. The minimum absolute atomic E-state index is 0. The normalized spacial score (nSPS) is 16.1. The van der Waals surface area contributed by atoms with E-state index in [4.69, 9.17) is 0 Å². The molecule has 1 fully saturated rings. The minimum Gasteiger partial charge on any atom is -0.662 e. The first kappa shape index (κ1) is 14.6. The van der Waals surface area contributed by atoms with Gasteiger partial charge in [-0.25, -0.2) is 0 Å². The molecule has 0 saturated carbocycles. The molecule has 0 aliphatic carbocycles. The quantitative estimate of drug-likeness (QED) is 0.615. The summed E-state index contributed by atoms with van der Waals surface area (Å²) in [5, 5.41) is 4.12. The van der Waals surface area contributed by atoms with Crippen LogP contribution in [-0.4, -0.2) is 13.1 Å². The maximum absolute atomic E-state index is 4.12. The van der Waals surface area contributed by atoms with Crippen molar-refractivity contribution in [3.8, 4) is 0 Å². The third kappa shape index (κ3) is 7.43. The molecule has 0 atom stereocenters. The first-order valence-corrected chi connectivity index (χ1v) is 4.09. The van der Waals surface area contributed by atoms with Crippen LogP contribution in [0.1, 0.15) is 27.7 Å². The van der Waals surface area contributed by atoms with E-state index in [0.717, 1.165) is 24.9 Å². The summed E-state index contributed by atoms with van der Waals surface area (Å²) in [5.41, 5.74) is 0. The van der Waals surface area contributed by atoms with Crippen LogP contribution in [0, 0.1) is 18.3 Å². The Bertz CT molecular complexity index is 70.0. The van der Waals surface area contributed by atoms with Gasteiger partial charge in [0.05, 0.1) is 0 Å². The first-order valence-electron chi connectivity index (χ1n) is 4.09. The van der Waals surface area contributed by atoms with Gasteiger partial charge >= 0.3 is 0 Å². The van der Waals surface area contributed by atoms with E-state index in [0.29, 0.717) is 0 Å². The van der Waals surface area contributed by atoms with Crippen molar-refractivity contribution in [3.05, 3.63) is 11.7 Å². The van der Waals surface area contributed by atoms with Crippen LogP contribution >= 0.6 is 0 Å². The van der Waals surface area contributed by atoms with E-state index in [1.54, 1.807) is 0 Å². The Labute approximate surface area is 96.6 Å². The van der Waals surface area contributed by atoms with Crippen LogP contribution < -0.4 is 0 Å². The van der Waals surface area contributed by atoms with Gasteiger partial charge in [0.25, 0.3) is 0 Å². The van der Waals surface area contributed by atoms with Gasteiger partial charge in [-0.3, -0.25) is 0 Å². The predicted molar refractivity (Wildman–Crippen MR) is 47.1 cm³/mol. The zero-order valence-corrected chi connectivity index (χ0v) is 11.0. The first-order chi connectivity index (χ1) is 4.72. The van der Waals surface area contributed by atoms with E-state index in [1.807, 2.05) is 20.3 Å². The molecule has 0 aromatic carbocycles. The average molecular weight is 230 g/mol. The molecular weight excluding hydrogens is 211 g/mol. The molecule has 1 saturated heterocycles. The number of hydrogen-bond acceptors (Lipinski definition) is 0. The van der Waals surface area contributed by atoms with Gasteiger partial charge in [-0.2, -0.15) is 13.8 Å². The third-order valence-corrected chi connectivity index (χ3v) is 1.67. The maximum atomic E-state index is 4.12. The van der Waals surface area contributed by atoms with Crippen molar-refractivity contribution in [3.63, 3.8) is 0 Å². The van der Waals surface area contributed by atoms with Gasteiger partial charge in [0.15, 0.2) is 0 Å². The van der Waals surface area contributed by atoms with Crippen molar-refractivity contribution in [1.29, 1.82) is 0 Å². The summed E-state index contributed by atoms with van der Waals surface area (Å²) in [4.78, 5) is 0. The fourth-order valence-corrected chi connectivity index (χ4v) is 0.700. The summed E-state index contributed by atoms with van der Waals surface area (Å²) in [6, 6.07) is 0. The minimum atomic E-state index is 0. The average Bonchev–Trinajstić information content (AvgIpc) is 1.59. The zero-order valence-electron chi connectivity index (χ0n) is 8.17. The number of hydrogen-bond donors (Lipinski definition) is 0. The molecule has 0 amide bonds. The standard InChI is InChI=1S/C6H12N.C3H7.Y/c1-5(2)6-3-7-4-6;1-3-2;/h5-6H,3-4H2,1-2H3;3H,1-2H3;/q2*-1;. The summed E-state index contributed by atoms with van der Waals surface area (Å²) in [6.07, 6.45) is 2.00. The van der Waals surface area contributed by atoms with Gasteiger partial charge in [-0.05, 0) is 5.92 Å². The van der Waals surface area contributed by atoms with E-state index in [9.17, 15) is 0 Å². The van der Waals surface area contributed by atoms with Crippen molar-refractivity contribution in [2.24, 2.45) is 11.8 Å². The maximum Gasteiger partial charge on any atom is 0 e. The van der Waals surface area contributed by atoms with Crippen molar-refractivity contribution >= 4 is 0 Å². The summed E-state index contributed by atoms with van der Waals surface area (Å²) >= 11 is 0. The van der Waals surface area contributed by atoms with Crippen LogP contribution in [0.25, 0.3) is 5.32 Å². The van der Waals surface area contributed by atoms with E-state index < -0.39 is 0 Å². The SMILES string of the molecule is CC(C)C1C[N-]C1.C[CH-]C.[Y]. The van der Waals surface area contributed by atoms with E-state index in [-0.39, 0.29) is 32.7 Å². The Kier molecular flexibility index (Phi) is 12.1.